The van der Waals surface area contributed by atoms with E-state index in [1.807, 2.05) is 25.1 Å². The Kier molecular flexibility index (Phi) is 3.21. The molecule has 1 saturated heterocycles. The quantitative estimate of drug-likeness (QED) is 0.855. The fraction of sp³-hybridized carbons (Fsp3) is 0.429. The number of benzene rings is 1. The van der Waals surface area contributed by atoms with E-state index in [-0.39, 0.29) is 0 Å². The summed E-state index contributed by atoms with van der Waals surface area (Å²) in [6.45, 7) is 3.63. The van der Waals surface area contributed by atoms with Crippen LogP contribution in [0.4, 0.5) is 5.69 Å². The summed E-state index contributed by atoms with van der Waals surface area (Å²) in [6.07, 6.45) is 1.88. The molecular weight excluding hydrogens is 242 g/mol. The van der Waals surface area contributed by atoms with Gasteiger partial charge in [-0.2, -0.15) is 4.98 Å². The molecule has 1 aliphatic heterocycles. The molecule has 1 aromatic heterocycles. The third kappa shape index (κ3) is 2.61. The number of aryl methyl sites for hydroxylation is 1. The summed E-state index contributed by atoms with van der Waals surface area (Å²) in [5.41, 5.74) is 8.48. The summed E-state index contributed by atoms with van der Waals surface area (Å²) in [6, 6.07) is 5.69. The Morgan fingerprint density at radius 1 is 1.42 bits per heavy atom. The maximum absolute atomic E-state index is 5.80. The second-order valence-corrected chi connectivity index (χ2v) is 5.02. The van der Waals surface area contributed by atoms with Crippen LogP contribution in [0.15, 0.2) is 22.7 Å². The van der Waals surface area contributed by atoms with Gasteiger partial charge in [0, 0.05) is 30.9 Å². The number of anilines is 1. The molecule has 0 radical (unpaired) electrons. The lowest BCUT2D eigenvalue weighted by Crippen LogP contribution is -2.04. The Hall–Kier alpha value is -1.88. The Morgan fingerprint density at radius 2 is 2.32 bits per heavy atom. The molecule has 3 rings (SSSR count). The number of hydrogen-bond acceptors (Lipinski definition) is 5. The molecule has 2 N–H and O–H groups in total. The van der Waals surface area contributed by atoms with Gasteiger partial charge in [0.1, 0.15) is 0 Å². The first kappa shape index (κ1) is 12.2. The van der Waals surface area contributed by atoms with Crippen LogP contribution in [0.25, 0.3) is 11.5 Å². The minimum absolute atomic E-state index is 0.507. The van der Waals surface area contributed by atoms with Crippen LogP contribution in [0.5, 0.6) is 0 Å². The predicted octanol–water partition coefficient (Wildman–Crippen LogP) is 2.21. The molecule has 0 saturated carbocycles. The maximum Gasteiger partial charge on any atom is 0.258 e. The van der Waals surface area contributed by atoms with Crippen LogP contribution in [-0.2, 0) is 11.2 Å². The lowest BCUT2D eigenvalue weighted by Gasteiger charge is -2.02. The smallest absolute Gasteiger partial charge is 0.258 e. The molecule has 0 bridgehead atoms. The second-order valence-electron chi connectivity index (χ2n) is 5.02. The molecule has 0 amide bonds. The van der Waals surface area contributed by atoms with E-state index in [4.69, 9.17) is 15.0 Å². The number of nitrogens with zero attached hydrogens (tertiary/aromatic N) is 2. The van der Waals surface area contributed by atoms with Gasteiger partial charge < -0.3 is 15.0 Å². The zero-order chi connectivity index (χ0) is 13.2. The molecule has 0 aliphatic carbocycles. The molecule has 19 heavy (non-hydrogen) atoms. The van der Waals surface area contributed by atoms with Crippen molar-refractivity contribution in [3.63, 3.8) is 0 Å². The van der Waals surface area contributed by atoms with E-state index in [9.17, 15) is 0 Å². The van der Waals surface area contributed by atoms with Gasteiger partial charge in [-0.15, -0.1) is 0 Å². The molecule has 1 aromatic carbocycles. The number of nitrogen functional groups attached to an aromatic ring is 1. The van der Waals surface area contributed by atoms with Crippen molar-refractivity contribution in [2.24, 2.45) is 5.92 Å². The monoisotopic (exact) mass is 259 g/mol. The fourth-order valence-corrected chi connectivity index (χ4v) is 2.32. The van der Waals surface area contributed by atoms with E-state index in [1.165, 1.54) is 0 Å². The van der Waals surface area contributed by atoms with E-state index in [2.05, 4.69) is 10.1 Å². The van der Waals surface area contributed by atoms with Crippen molar-refractivity contribution in [1.82, 2.24) is 10.1 Å². The van der Waals surface area contributed by atoms with Gasteiger partial charge in [-0.3, -0.25) is 0 Å². The SMILES string of the molecule is Cc1ccc(N)cc1-c1nc(CC2CCOC2)no1. The fourth-order valence-electron chi connectivity index (χ4n) is 2.32. The molecule has 5 nitrogen and oxygen atoms in total. The highest BCUT2D eigenvalue weighted by molar-refractivity contribution is 5.63. The summed E-state index contributed by atoms with van der Waals surface area (Å²) in [7, 11) is 0. The van der Waals surface area contributed by atoms with Crippen LogP contribution in [-0.4, -0.2) is 23.4 Å². The van der Waals surface area contributed by atoms with Gasteiger partial charge in [-0.25, -0.2) is 0 Å². The van der Waals surface area contributed by atoms with Crippen molar-refractivity contribution in [3.8, 4) is 11.5 Å². The van der Waals surface area contributed by atoms with Crippen LogP contribution >= 0.6 is 0 Å². The van der Waals surface area contributed by atoms with Gasteiger partial charge in [0.15, 0.2) is 5.82 Å². The highest BCUT2D eigenvalue weighted by Crippen LogP contribution is 2.25. The van der Waals surface area contributed by atoms with E-state index < -0.39 is 0 Å². The highest BCUT2D eigenvalue weighted by Gasteiger charge is 2.19. The molecular formula is C14H17N3O2. The summed E-state index contributed by atoms with van der Waals surface area (Å²) in [5, 5.41) is 4.04. The Balaban J connectivity index is 1.82. The van der Waals surface area contributed by atoms with Gasteiger partial charge in [0.05, 0.1) is 0 Å². The predicted molar refractivity (Wildman–Crippen MR) is 71.5 cm³/mol. The Labute approximate surface area is 111 Å². The number of rotatable bonds is 3. The van der Waals surface area contributed by atoms with Crippen molar-refractivity contribution in [2.45, 2.75) is 19.8 Å². The van der Waals surface area contributed by atoms with E-state index in [0.29, 0.717) is 17.5 Å². The number of nitrogens with two attached hydrogens (primary N) is 1. The standard InChI is InChI=1S/C14H17N3O2/c1-9-2-3-11(15)7-12(9)14-16-13(17-19-14)6-10-4-5-18-8-10/h2-3,7,10H,4-6,8,15H2,1H3. The van der Waals surface area contributed by atoms with Crippen molar-refractivity contribution in [3.05, 3.63) is 29.6 Å². The zero-order valence-electron chi connectivity index (χ0n) is 10.9. The Bertz CT molecular complexity index is 574. The van der Waals surface area contributed by atoms with E-state index in [0.717, 1.165) is 43.0 Å². The molecule has 100 valence electrons. The molecule has 2 aromatic rings. The third-order valence-electron chi connectivity index (χ3n) is 3.46. The van der Waals surface area contributed by atoms with Crippen molar-refractivity contribution >= 4 is 5.69 Å². The molecule has 1 unspecified atom stereocenters. The lowest BCUT2D eigenvalue weighted by atomic mass is 10.1. The summed E-state index contributed by atoms with van der Waals surface area (Å²) < 4.78 is 10.7. The number of hydrogen-bond donors (Lipinski definition) is 1. The van der Waals surface area contributed by atoms with Crippen LogP contribution in [0.2, 0.25) is 0 Å². The van der Waals surface area contributed by atoms with Crippen molar-refractivity contribution in [2.75, 3.05) is 18.9 Å². The number of aromatic nitrogens is 2. The van der Waals surface area contributed by atoms with Crippen LogP contribution < -0.4 is 5.73 Å². The minimum Gasteiger partial charge on any atom is -0.399 e. The van der Waals surface area contributed by atoms with Crippen LogP contribution in [0.3, 0.4) is 0 Å². The molecule has 2 heterocycles. The lowest BCUT2D eigenvalue weighted by molar-refractivity contribution is 0.185. The second kappa shape index (κ2) is 5.01. The topological polar surface area (TPSA) is 74.2 Å². The normalized spacial score (nSPS) is 18.9. The summed E-state index contributed by atoms with van der Waals surface area (Å²) in [5.74, 6) is 1.79. The molecule has 1 atom stereocenters. The molecule has 1 aliphatic rings. The maximum atomic E-state index is 5.80. The van der Waals surface area contributed by atoms with Gasteiger partial charge in [-0.1, -0.05) is 11.2 Å². The van der Waals surface area contributed by atoms with Gasteiger partial charge in [0.25, 0.3) is 5.89 Å². The third-order valence-corrected chi connectivity index (χ3v) is 3.46. The minimum atomic E-state index is 0.507. The highest BCUT2D eigenvalue weighted by atomic mass is 16.5. The van der Waals surface area contributed by atoms with Crippen LogP contribution in [0.1, 0.15) is 17.8 Å². The van der Waals surface area contributed by atoms with Crippen molar-refractivity contribution < 1.29 is 9.26 Å². The average molecular weight is 259 g/mol. The van der Waals surface area contributed by atoms with Gasteiger partial charge in [0.2, 0.25) is 0 Å². The first-order valence-corrected chi connectivity index (χ1v) is 6.49. The summed E-state index contributed by atoms with van der Waals surface area (Å²) >= 11 is 0. The first-order valence-electron chi connectivity index (χ1n) is 6.49. The van der Waals surface area contributed by atoms with Crippen molar-refractivity contribution in [1.29, 1.82) is 0 Å². The first-order chi connectivity index (χ1) is 9.22. The molecule has 5 heteroatoms. The average Bonchev–Trinajstić information content (AvgIpc) is 3.04. The molecule has 0 spiro atoms. The van der Waals surface area contributed by atoms with E-state index >= 15 is 0 Å². The summed E-state index contributed by atoms with van der Waals surface area (Å²) in [4.78, 5) is 4.46. The molecule has 1 fully saturated rings. The van der Waals surface area contributed by atoms with E-state index in [1.54, 1.807) is 0 Å². The largest absolute Gasteiger partial charge is 0.399 e. The van der Waals surface area contributed by atoms with Crippen LogP contribution in [0, 0.1) is 12.8 Å². The van der Waals surface area contributed by atoms with Gasteiger partial charge in [-0.05, 0) is 37.0 Å². The Morgan fingerprint density at radius 3 is 3.11 bits per heavy atom. The van der Waals surface area contributed by atoms with Gasteiger partial charge >= 0.3 is 0 Å². The zero-order valence-corrected chi connectivity index (χ0v) is 10.9. The number of ether oxygens (including phenoxy) is 1.